The number of rotatable bonds is 9. The van der Waals surface area contributed by atoms with Crippen LogP contribution in [-0.2, 0) is 9.59 Å². The fraction of sp³-hybridized carbons (Fsp3) is 0.867. The Bertz CT molecular complexity index is 328. The van der Waals surface area contributed by atoms with Crippen LogP contribution in [0.15, 0.2) is 0 Å². The molecule has 3 N–H and O–H groups in total. The molecule has 0 bridgehead atoms. The number of amides is 1. The lowest BCUT2D eigenvalue weighted by molar-refractivity contribution is -0.138. The molecule has 1 heterocycles. The molecular weight excluding hydrogens is 270 g/mol. The minimum atomic E-state index is -0.765. The largest absolute Gasteiger partial charge is 0.481 e. The second-order valence-electron chi connectivity index (χ2n) is 5.76. The Morgan fingerprint density at radius 3 is 2.33 bits per heavy atom. The first kappa shape index (κ1) is 17.9. The number of aliphatic carboxylic acids is 1. The van der Waals surface area contributed by atoms with Crippen LogP contribution in [0.2, 0.25) is 0 Å². The molecule has 1 saturated heterocycles. The highest BCUT2D eigenvalue weighted by atomic mass is 16.4. The highest BCUT2D eigenvalue weighted by molar-refractivity contribution is 5.76. The molecule has 122 valence electrons. The molecule has 1 fully saturated rings. The van der Waals surface area contributed by atoms with Crippen molar-refractivity contribution >= 4 is 11.9 Å². The second-order valence-corrected chi connectivity index (χ2v) is 5.76. The van der Waals surface area contributed by atoms with E-state index in [1.54, 1.807) is 0 Å². The maximum atomic E-state index is 12.2. The number of carbonyl (C=O) groups is 2. The van der Waals surface area contributed by atoms with Crippen molar-refractivity contribution in [1.29, 1.82) is 0 Å². The van der Waals surface area contributed by atoms with Gasteiger partial charge in [-0.2, -0.15) is 0 Å². The summed E-state index contributed by atoms with van der Waals surface area (Å²) in [5, 5.41) is 8.67. The molecule has 0 aromatic rings. The van der Waals surface area contributed by atoms with E-state index in [0.29, 0.717) is 38.5 Å². The molecule has 1 rings (SSSR count). The quantitative estimate of drug-likeness (QED) is 0.656. The Kier molecular flexibility index (Phi) is 8.30. The summed E-state index contributed by atoms with van der Waals surface area (Å²) in [6.07, 6.45) is 3.77. The van der Waals surface area contributed by atoms with Gasteiger partial charge in [0.25, 0.3) is 0 Å². The van der Waals surface area contributed by atoms with Crippen molar-refractivity contribution in [1.82, 2.24) is 9.80 Å². The summed E-state index contributed by atoms with van der Waals surface area (Å²) in [4.78, 5) is 26.7. The van der Waals surface area contributed by atoms with E-state index in [9.17, 15) is 9.59 Å². The summed E-state index contributed by atoms with van der Waals surface area (Å²) in [5.41, 5.74) is 5.58. The third-order valence-corrected chi connectivity index (χ3v) is 4.29. The molecular formula is C15H29N3O3. The van der Waals surface area contributed by atoms with Crippen molar-refractivity contribution in [2.75, 3.05) is 39.3 Å². The smallest absolute Gasteiger partial charge is 0.304 e. The molecule has 0 radical (unpaired) electrons. The van der Waals surface area contributed by atoms with Gasteiger partial charge in [0.05, 0.1) is 6.42 Å². The Morgan fingerprint density at radius 2 is 1.81 bits per heavy atom. The van der Waals surface area contributed by atoms with Gasteiger partial charge in [-0.1, -0.05) is 13.3 Å². The average molecular weight is 299 g/mol. The summed E-state index contributed by atoms with van der Waals surface area (Å²) < 4.78 is 0. The molecule has 0 saturated carbocycles. The number of carbonyl (C=O) groups excluding carboxylic acids is 1. The molecule has 0 aliphatic carbocycles. The SMILES string of the molecule is CCC(CCN)CCC(=O)N1CCN(CCC(=O)O)CC1. The first-order valence-electron chi connectivity index (χ1n) is 7.98. The third kappa shape index (κ3) is 6.91. The zero-order valence-electron chi connectivity index (χ0n) is 13.1. The lowest BCUT2D eigenvalue weighted by atomic mass is 9.96. The number of hydrogen-bond donors (Lipinski definition) is 2. The van der Waals surface area contributed by atoms with Crippen LogP contribution >= 0.6 is 0 Å². The predicted octanol–water partition coefficient (Wildman–Crippen LogP) is 0.761. The van der Waals surface area contributed by atoms with Crippen LogP contribution in [0.1, 0.15) is 39.0 Å². The summed E-state index contributed by atoms with van der Waals surface area (Å²) in [6.45, 7) is 6.39. The van der Waals surface area contributed by atoms with Crippen LogP contribution in [0.5, 0.6) is 0 Å². The van der Waals surface area contributed by atoms with Gasteiger partial charge in [-0.15, -0.1) is 0 Å². The molecule has 1 unspecified atom stereocenters. The maximum Gasteiger partial charge on any atom is 0.304 e. The van der Waals surface area contributed by atoms with Gasteiger partial charge in [-0.05, 0) is 25.3 Å². The first-order valence-corrected chi connectivity index (χ1v) is 7.98. The van der Waals surface area contributed by atoms with Crippen LogP contribution in [-0.4, -0.2) is 66.1 Å². The van der Waals surface area contributed by atoms with E-state index in [2.05, 4.69) is 11.8 Å². The van der Waals surface area contributed by atoms with E-state index >= 15 is 0 Å². The molecule has 1 aliphatic rings. The summed E-state index contributed by atoms with van der Waals surface area (Å²) in [5.74, 6) is 0.0122. The van der Waals surface area contributed by atoms with Crippen LogP contribution in [0, 0.1) is 5.92 Å². The van der Waals surface area contributed by atoms with E-state index in [1.807, 2.05) is 4.90 Å². The second kappa shape index (κ2) is 9.73. The number of carboxylic acids is 1. The highest BCUT2D eigenvalue weighted by Gasteiger charge is 2.21. The fourth-order valence-electron chi connectivity index (χ4n) is 2.75. The summed E-state index contributed by atoms with van der Waals surface area (Å²) in [6, 6.07) is 0. The van der Waals surface area contributed by atoms with E-state index in [4.69, 9.17) is 10.8 Å². The van der Waals surface area contributed by atoms with Gasteiger partial charge in [0, 0.05) is 39.1 Å². The molecule has 6 heteroatoms. The Morgan fingerprint density at radius 1 is 1.14 bits per heavy atom. The van der Waals surface area contributed by atoms with Crippen molar-refractivity contribution in [3.63, 3.8) is 0 Å². The number of hydrogen-bond acceptors (Lipinski definition) is 4. The van der Waals surface area contributed by atoms with E-state index in [-0.39, 0.29) is 12.3 Å². The standard InChI is InChI=1S/C15H29N3O3/c1-2-13(5-7-16)3-4-14(19)18-11-9-17(10-12-18)8-6-15(20)21/h13H,2-12,16H2,1H3,(H,20,21). The fourth-order valence-corrected chi connectivity index (χ4v) is 2.75. The highest BCUT2D eigenvalue weighted by Crippen LogP contribution is 2.16. The Balaban J connectivity index is 2.23. The van der Waals surface area contributed by atoms with E-state index < -0.39 is 5.97 Å². The average Bonchev–Trinajstić information content (AvgIpc) is 2.49. The minimum Gasteiger partial charge on any atom is -0.481 e. The third-order valence-electron chi connectivity index (χ3n) is 4.29. The minimum absolute atomic E-state index is 0.172. The van der Waals surface area contributed by atoms with Crippen molar-refractivity contribution in [2.24, 2.45) is 11.7 Å². The molecule has 0 aromatic heterocycles. The number of nitrogens with two attached hydrogens (primary N) is 1. The van der Waals surface area contributed by atoms with Crippen LogP contribution in [0.3, 0.4) is 0 Å². The van der Waals surface area contributed by atoms with Gasteiger partial charge in [0.1, 0.15) is 0 Å². The lowest BCUT2D eigenvalue weighted by Gasteiger charge is -2.34. The van der Waals surface area contributed by atoms with Gasteiger partial charge in [-0.25, -0.2) is 0 Å². The summed E-state index contributed by atoms with van der Waals surface area (Å²) >= 11 is 0. The molecule has 21 heavy (non-hydrogen) atoms. The van der Waals surface area contributed by atoms with Crippen molar-refractivity contribution < 1.29 is 14.7 Å². The number of nitrogens with zero attached hydrogens (tertiary/aromatic N) is 2. The summed E-state index contributed by atoms with van der Waals surface area (Å²) in [7, 11) is 0. The van der Waals surface area contributed by atoms with E-state index in [1.165, 1.54) is 0 Å². The topological polar surface area (TPSA) is 86.9 Å². The van der Waals surface area contributed by atoms with Crippen LogP contribution < -0.4 is 5.73 Å². The predicted molar refractivity (Wildman–Crippen MR) is 82.0 cm³/mol. The zero-order chi connectivity index (χ0) is 15.7. The monoisotopic (exact) mass is 299 g/mol. The molecule has 6 nitrogen and oxygen atoms in total. The number of carboxylic acid groups (broad SMARTS) is 1. The van der Waals surface area contributed by atoms with Crippen molar-refractivity contribution in [3.8, 4) is 0 Å². The molecule has 1 amide bonds. The Hall–Kier alpha value is -1.14. The normalized spacial score (nSPS) is 17.7. The molecule has 0 spiro atoms. The lowest BCUT2D eigenvalue weighted by Crippen LogP contribution is -2.49. The first-order chi connectivity index (χ1) is 10.1. The van der Waals surface area contributed by atoms with E-state index in [0.717, 1.165) is 32.4 Å². The maximum absolute atomic E-state index is 12.2. The Labute approximate surface area is 127 Å². The zero-order valence-corrected chi connectivity index (χ0v) is 13.1. The van der Waals surface area contributed by atoms with Gasteiger partial charge in [0.15, 0.2) is 0 Å². The van der Waals surface area contributed by atoms with Crippen LogP contribution in [0.25, 0.3) is 0 Å². The number of piperazine rings is 1. The van der Waals surface area contributed by atoms with Gasteiger partial charge >= 0.3 is 5.97 Å². The van der Waals surface area contributed by atoms with Gasteiger partial charge in [-0.3, -0.25) is 14.5 Å². The molecule has 1 aliphatic heterocycles. The van der Waals surface area contributed by atoms with Crippen LogP contribution in [0.4, 0.5) is 0 Å². The van der Waals surface area contributed by atoms with Gasteiger partial charge < -0.3 is 15.7 Å². The van der Waals surface area contributed by atoms with Gasteiger partial charge in [0.2, 0.25) is 5.91 Å². The van der Waals surface area contributed by atoms with Crippen molar-refractivity contribution in [3.05, 3.63) is 0 Å². The molecule has 0 aromatic carbocycles. The van der Waals surface area contributed by atoms with Crippen molar-refractivity contribution in [2.45, 2.75) is 39.0 Å². The molecule has 1 atom stereocenters.